The number of phenolic OH excluding ortho intramolecular Hbond substituents is 1. The van der Waals surface area contributed by atoms with Crippen LogP contribution in [-0.4, -0.2) is 22.0 Å². The molecule has 1 saturated heterocycles. The largest absolute Gasteiger partial charge is 0.506 e. The second-order valence-electron chi connectivity index (χ2n) is 5.62. The van der Waals surface area contributed by atoms with E-state index in [4.69, 9.17) is 35.4 Å². The summed E-state index contributed by atoms with van der Waals surface area (Å²) in [5.74, 6) is -1.56. The molecular weight excluding hydrogens is 395 g/mol. The lowest BCUT2D eigenvalue weighted by Gasteiger charge is -2.29. The van der Waals surface area contributed by atoms with E-state index < -0.39 is 11.8 Å². The second-order valence-corrected chi connectivity index (χ2v) is 6.85. The van der Waals surface area contributed by atoms with E-state index in [9.17, 15) is 14.7 Å². The number of hydrogen-bond donors (Lipinski definition) is 2. The number of hydrogen-bond acceptors (Lipinski definition) is 4. The van der Waals surface area contributed by atoms with Gasteiger partial charge in [-0.15, -0.1) is 0 Å². The Kier molecular flexibility index (Phi) is 5.00. The van der Waals surface area contributed by atoms with Crippen LogP contribution in [0.15, 0.2) is 42.0 Å². The summed E-state index contributed by atoms with van der Waals surface area (Å²) in [5.41, 5.74) is 1.48. The first kappa shape index (κ1) is 18.4. The fourth-order valence-corrected chi connectivity index (χ4v) is 3.23. The molecule has 26 heavy (non-hydrogen) atoms. The molecular formula is C18H12Cl2N2O3S. The molecule has 1 heterocycles. The van der Waals surface area contributed by atoms with Crippen LogP contribution >= 0.6 is 35.4 Å². The van der Waals surface area contributed by atoms with Gasteiger partial charge in [0.15, 0.2) is 5.11 Å². The maximum Gasteiger partial charge on any atom is 0.270 e. The summed E-state index contributed by atoms with van der Waals surface area (Å²) in [5, 5.41) is 12.8. The number of anilines is 1. The monoisotopic (exact) mass is 406 g/mol. The van der Waals surface area contributed by atoms with E-state index in [2.05, 4.69) is 5.32 Å². The van der Waals surface area contributed by atoms with Crippen LogP contribution in [0, 0.1) is 6.92 Å². The molecule has 8 heteroatoms. The number of halogens is 2. The van der Waals surface area contributed by atoms with Gasteiger partial charge in [-0.2, -0.15) is 0 Å². The van der Waals surface area contributed by atoms with Gasteiger partial charge in [0.1, 0.15) is 11.3 Å². The van der Waals surface area contributed by atoms with Crippen LogP contribution < -0.4 is 10.2 Å². The smallest absolute Gasteiger partial charge is 0.270 e. The Morgan fingerprint density at radius 1 is 1.15 bits per heavy atom. The third kappa shape index (κ3) is 3.44. The summed E-state index contributed by atoms with van der Waals surface area (Å²) in [7, 11) is 0. The topological polar surface area (TPSA) is 69.6 Å². The van der Waals surface area contributed by atoms with E-state index in [1.165, 1.54) is 23.1 Å². The van der Waals surface area contributed by atoms with Crippen molar-refractivity contribution in [3.05, 3.63) is 63.1 Å². The van der Waals surface area contributed by atoms with Gasteiger partial charge in [0.2, 0.25) is 0 Å². The Hall–Kier alpha value is -2.41. The molecule has 0 aliphatic carbocycles. The first-order chi connectivity index (χ1) is 12.3. The first-order valence-corrected chi connectivity index (χ1v) is 8.60. The SMILES string of the molecule is Cc1ccc(N2C(=O)/C(=C/c3cc(Cl)cc(Cl)c3O)C(=O)NC2=S)cc1. The average molecular weight is 407 g/mol. The number of benzene rings is 2. The molecule has 1 aliphatic heterocycles. The van der Waals surface area contributed by atoms with Crippen molar-refractivity contribution in [2.45, 2.75) is 6.92 Å². The second kappa shape index (κ2) is 7.07. The molecule has 3 rings (SSSR count). The Balaban J connectivity index is 2.07. The van der Waals surface area contributed by atoms with Crippen LogP contribution in [0.5, 0.6) is 5.75 Å². The highest BCUT2D eigenvalue weighted by molar-refractivity contribution is 7.80. The number of carbonyl (C=O) groups excluding carboxylic acids is 2. The Morgan fingerprint density at radius 2 is 1.81 bits per heavy atom. The molecule has 0 aromatic heterocycles. The molecule has 1 fully saturated rings. The number of rotatable bonds is 2. The third-order valence-corrected chi connectivity index (χ3v) is 4.54. The van der Waals surface area contributed by atoms with E-state index in [0.29, 0.717) is 5.69 Å². The molecule has 5 nitrogen and oxygen atoms in total. The third-order valence-electron chi connectivity index (χ3n) is 3.75. The van der Waals surface area contributed by atoms with Crippen LogP contribution in [0.4, 0.5) is 5.69 Å². The van der Waals surface area contributed by atoms with Crippen LogP contribution in [-0.2, 0) is 9.59 Å². The maximum atomic E-state index is 12.9. The number of amides is 2. The molecule has 132 valence electrons. The molecule has 0 saturated carbocycles. The van der Waals surface area contributed by atoms with Crippen LogP contribution in [0.2, 0.25) is 10.0 Å². The van der Waals surface area contributed by atoms with Crippen molar-refractivity contribution in [1.82, 2.24) is 5.32 Å². The Morgan fingerprint density at radius 3 is 2.46 bits per heavy atom. The number of nitrogens with zero attached hydrogens (tertiary/aromatic N) is 1. The van der Waals surface area contributed by atoms with E-state index in [1.807, 2.05) is 19.1 Å². The van der Waals surface area contributed by atoms with Gasteiger partial charge >= 0.3 is 0 Å². The standard InChI is InChI=1S/C18H12Cl2N2O3S/c1-9-2-4-12(5-3-9)22-17(25)13(16(24)21-18(22)26)7-10-6-11(19)8-14(20)15(10)23/h2-8,23H,1H3,(H,21,24,26)/b13-7+. The fourth-order valence-electron chi connectivity index (χ4n) is 2.44. The first-order valence-electron chi connectivity index (χ1n) is 7.44. The highest BCUT2D eigenvalue weighted by Gasteiger charge is 2.34. The lowest BCUT2D eigenvalue weighted by molar-refractivity contribution is -0.122. The Labute approximate surface area is 164 Å². The van der Waals surface area contributed by atoms with Gasteiger partial charge in [0, 0.05) is 10.6 Å². The van der Waals surface area contributed by atoms with Gasteiger partial charge in [-0.3, -0.25) is 19.8 Å². The molecule has 0 unspecified atom stereocenters. The van der Waals surface area contributed by atoms with Crippen LogP contribution in [0.3, 0.4) is 0 Å². The maximum absolute atomic E-state index is 12.9. The molecule has 1 aliphatic rings. The van der Waals surface area contributed by atoms with Crippen molar-refractivity contribution in [2.75, 3.05) is 4.90 Å². The molecule has 0 bridgehead atoms. The summed E-state index contributed by atoms with van der Waals surface area (Å²) in [4.78, 5) is 26.4. The van der Waals surface area contributed by atoms with Gasteiger partial charge in [-0.25, -0.2) is 0 Å². The van der Waals surface area contributed by atoms with E-state index in [-0.39, 0.29) is 32.0 Å². The van der Waals surface area contributed by atoms with E-state index >= 15 is 0 Å². The molecule has 2 aromatic rings. The van der Waals surface area contributed by atoms with Gasteiger partial charge in [0.05, 0.1) is 10.7 Å². The zero-order valence-electron chi connectivity index (χ0n) is 13.4. The number of aryl methyl sites for hydroxylation is 1. The van der Waals surface area contributed by atoms with Gasteiger partial charge in [0.25, 0.3) is 11.8 Å². The van der Waals surface area contributed by atoms with Crippen LogP contribution in [0.25, 0.3) is 6.08 Å². The van der Waals surface area contributed by atoms with E-state index in [1.54, 1.807) is 12.1 Å². The van der Waals surface area contributed by atoms with E-state index in [0.717, 1.165) is 5.56 Å². The number of aromatic hydroxyl groups is 1. The lowest BCUT2D eigenvalue weighted by atomic mass is 10.1. The van der Waals surface area contributed by atoms with Gasteiger partial charge in [-0.05, 0) is 49.5 Å². The zero-order valence-corrected chi connectivity index (χ0v) is 15.7. The molecule has 0 atom stereocenters. The quantitative estimate of drug-likeness (QED) is 0.451. The van der Waals surface area contributed by atoms with Gasteiger partial charge in [-0.1, -0.05) is 40.9 Å². The van der Waals surface area contributed by atoms with Crippen molar-refractivity contribution >= 4 is 64.1 Å². The molecule has 2 N–H and O–H groups in total. The molecule has 0 radical (unpaired) electrons. The predicted octanol–water partition coefficient (Wildman–Crippen LogP) is 3.84. The number of nitrogens with one attached hydrogen (secondary N) is 1. The predicted molar refractivity (Wildman–Crippen MR) is 106 cm³/mol. The normalized spacial score (nSPS) is 16.2. The minimum Gasteiger partial charge on any atom is -0.506 e. The van der Waals surface area contributed by atoms with Crippen LogP contribution in [0.1, 0.15) is 11.1 Å². The van der Waals surface area contributed by atoms with Crippen molar-refractivity contribution in [1.29, 1.82) is 0 Å². The fraction of sp³-hybridized carbons (Fsp3) is 0.0556. The highest BCUT2D eigenvalue weighted by Crippen LogP contribution is 2.33. The van der Waals surface area contributed by atoms with Crippen molar-refractivity contribution in [3.8, 4) is 5.75 Å². The highest BCUT2D eigenvalue weighted by atomic mass is 35.5. The number of phenols is 1. The summed E-state index contributed by atoms with van der Waals surface area (Å²) in [6, 6.07) is 9.86. The molecule has 2 aromatic carbocycles. The summed E-state index contributed by atoms with van der Waals surface area (Å²) < 4.78 is 0. The number of thiocarbonyl (C=S) groups is 1. The minimum absolute atomic E-state index is 0.0129. The Bertz CT molecular complexity index is 971. The van der Waals surface area contributed by atoms with Crippen molar-refractivity contribution in [3.63, 3.8) is 0 Å². The summed E-state index contributed by atoms with van der Waals surface area (Å²) in [6.45, 7) is 1.92. The number of carbonyl (C=O) groups is 2. The minimum atomic E-state index is -0.668. The van der Waals surface area contributed by atoms with Gasteiger partial charge < -0.3 is 5.11 Å². The summed E-state index contributed by atoms with van der Waals surface area (Å²) >= 11 is 17.0. The molecule has 0 spiro atoms. The molecule has 2 amide bonds. The van der Waals surface area contributed by atoms with Crippen molar-refractivity contribution < 1.29 is 14.7 Å². The average Bonchev–Trinajstić information content (AvgIpc) is 2.57. The summed E-state index contributed by atoms with van der Waals surface area (Å²) in [6.07, 6.45) is 1.23. The lowest BCUT2D eigenvalue weighted by Crippen LogP contribution is -2.54. The zero-order chi connectivity index (χ0) is 19.0. The van der Waals surface area contributed by atoms with Crippen molar-refractivity contribution in [2.24, 2.45) is 0 Å².